The van der Waals surface area contributed by atoms with E-state index in [4.69, 9.17) is 0 Å². The fourth-order valence-corrected chi connectivity index (χ4v) is 0.447. The van der Waals surface area contributed by atoms with E-state index in [0.717, 1.165) is 11.1 Å². The molecule has 0 unspecified atom stereocenters. The van der Waals surface area contributed by atoms with E-state index in [1.807, 2.05) is 0 Å². The van der Waals surface area contributed by atoms with E-state index in [9.17, 15) is 0 Å². The van der Waals surface area contributed by atoms with Gasteiger partial charge in [0.1, 0.15) is 0 Å². The normalized spacial score (nSPS) is 10.7. The molecule has 0 fully saturated rings. The second kappa shape index (κ2) is 5.03. The van der Waals surface area contributed by atoms with Gasteiger partial charge in [-0.25, -0.2) is 0 Å². The third-order valence-electron chi connectivity index (χ3n) is 0.836. The standard InChI is InChI=1S/C6H17N2.ClH/c1-5-6-7-8(2,3)4;/h7H,5-6H2,1-4H3;1H/q+1;. The molecular weight excluding hydrogens is 136 g/mol. The van der Waals surface area contributed by atoms with Gasteiger partial charge in [-0.3, -0.25) is 4.59 Å². The number of hydrogen-bond acceptors (Lipinski definition) is 1. The van der Waals surface area contributed by atoms with Crippen molar-refractivity contribution in [2.24, 2.45) is 0 Å². The van der Waals surface area contributed by atoms with Crippen molar-refractivity contribution in [3.05, 3.63) is 0 Å². The molecule has 0 aromatic carbocycles. The molecule has 0 aliphatic rings. The summed E-state index contributed by atoms with van der Waals surface area (Å²) in [6.45, 7) is 3.27. The van der Waals surface area contributed by atoms with Gasteiger partial charge >= 0.3 is 0 Å². The molecule has 1 N–H and O–H groups in total. The Labute approximate surface area is 64.2 Å². The Morgan fingerprint density at radius 2 is 1.67 bits per heavy atom. The topological polar surface area (TPSA) is 12.0 Å². The molecule has 0 amide bonds. The summed E-state index contributed by atoms with van der Waals surface area (Å²) in [6, 6.07) is 0. The van der Waals surface area contributed by atoms with Crippen LogP contribution in [0.2, 0.25) is 0 Å². The maximum Gasteiger partial charge on any atom is 0.0853 e. The third kappa shape index (κ3) is 11.7. The van der Waals surface area contributed by atoms with Crippen molar-refractivity contribution in [3.63, 3.8) is 0 Å². The number of halogens is 1. The van der Waals surface area contributed by atoms with Gasteiger partial charge in [0.25, 0.3) is 0 Å². The first-order valence-electron chi connectivity index (χ1n) is 3.13. The fraction of sp³-hybridized carbons (Fsp3) is 1.00. The minimum Gasteiger partial charge on any atom is -0.253 e. The average Bonchev–Trinajstić information content (AvgIpc) is 1.59. The SMILES string of the molecule is CCCN[N+](C)(C)C.Cl. The molecule has 0 saturated carbocycles. The zero-order valence-corrected chi connectivity index (χ0v) is 7.59. The van der Waals surface area contributed by atoms with Crippen LogP contribution in [0.4, 0.5) is 0 Å². The second-order valence-corrected chi connectivity index (χ2v) is 2.92. The summed E-state index contributed by atoms with van der Waals surface area (Å²) < 4.78 is 0.855. The van der Waals surface area contributed by atoms with Gasteiger partial charge in [0.2, 0.25) is 0 Å². The molecule has 0 aromatic rings. The number of hydrogen-bond donors (Lipinski definition) is 1. The highest BCUT2D eigenvalue weighted by molar-refractivity contribution is 5.85. The number of quaternary nitrogens is 1. The van der Waals surface area contributed by atoms with Crippen LogP contribution in [0.1, 0.15) is 13.3 Å². The largest absolute Gasteiger partial charge is 0.253 e. The first-order chi connectivity index (χ1) is 3.56. The smallest absolute Gasteiger partial charge is 0.0853 e. The zero-order valence-electron chi connectivity index (χ0n) is 6.77. The van der Waals surface area contributed by atoms with Gasteiger partial charge in [-0.05, 0) is 6.42 Å². The summed E-state index contributed by atoms with van der Waals surface area (Å²) in [6.07, 6.45) is 1.20. The number of nitrogens with zero attached hydrogens (tertiary/aromatic N) is 1. The first-order valence-corrected chi connectivity index (χ1v) is 3.13. The summed E-state index contributed by atoms with van der Waals surface area (Å²) in [5.74, 6) is 0. The lowest BCUT2D eigenvalue weighted by Gasteiger charge is -2.23. The van der Waals surface area contributed by atoms with Crippen LogP contribution in [0, 0.1) is 0 Å². The summed E-state index contributed by atoms with van der Waals surface area (Å²) in [5, 5.41) is 0. The Morgan fingerprint density at radius 1 is 1.22 bits per heavy atom. The molecule has 9 heavy (non-hydrogen) atoms. The number of nitrogens with one attached hydrogen (secondary N) is 1. The van der Waals surface area contributed by atoms with E-state index in [1.54, 1.807) is 0 Å². The first kappa shape index (κ1) is 11.9. The van der Waals surface area contributed by atoms with Crippen LogP contribution >= 0.6 is 12.4 Å². The van der Waals surface area contributed by atoms with Gasteiger partial charge < -0.3 is 0 Å². The fourth-order valence-electron chi connectivity index (χ4n) is 0.447. The molecule has 0 heterocycles. The molecule has 3 heteroatoms. The lowest BCUT2D eigenvalue weighted by Crippen LogP contribution is -2.48. The quantitative estimate of drug-likeness (QED) is 0.472. The average molecular weight is 154 g/mol. The molecule has 0 aromatic heterocycles. The van der Waals surface area contributed by atoms with Gasteiger partial charge in [-0.2, -0.15) is 5.43 Å². The molecule has 0 aliphatic heterocycles. The van der Waals surface area contributed by atoms with Crippen molar-refractivity contribution in [1.29, 1.82) is 0 Å². The molecule has 0 radical (unpaired) electrons. The van der Waals surface area contributed by atoms with Crippen molar-refractivity contribution in [2.75, 3.05) is 27.7 Å². The Kier molecular flexibility index (Phi) is 6.68. The molecule has 0 atom stereocenters. The molecule has 0 saturated heterocycles. The van der Waals surface area contributed by atoms with E-state index < -0.39 is 0 Å². The summed E-state index contributed by atoms with van der Waals surface area (Å²) in [4.78, 5) is 0. The van der Waals surface area contributed by atoms with Crippen molar-refractivity contribution >= 4 is 12.4 Å². The Bertz CT molecular complexity index is 58.6. The highest BCUT2D eigenvalue weighted by Gasteiger charge is 2.01. The molecule has 58 valence electrons. The van der Waals surface area contributed by atoms with Crippen LogP contribution in [-0.4, -0.2) is 32.3 Å². The molecule has 0 spiro atoms. The molecule has 2 nitrogen and oxygen atoms in total. The molecular formula is C6H18ClN2+. The third-order valence-corrected chi connectivity index (χ3v) is 0.836. The summed E-state index contributed by atoms with van der Waals surface area (Å²) in [5.41, 5.74) is 3.31. The molecule has 0 bridgehead atoms. The Morgan fingerprint density at radius 3 is 1.78 bits per heavy atom. The van der Waals surface area contributed by atoms with Crippen molar-refractivity contribution in [2.45, 2.75) is 13.3 Å². The predicted octanol–water partition coefficient (Wildman–Crippen LogP) is 1.03. The molecule has 0 rings (SSSR count). The van der Waals surface area contributed by atoms with E-state index in [-0.39, 0.29) is 12.4 Å². The lowest BCUT2D eigenvalue weighted by atomic mass is 10.5. The van der Waals surface area contributed by atoms with Crippen molar-refractivity contribution in [1.82, 2.24) is 5.43 Å². The van der Waals surface area contributed by atoms with Gasteiger partial charge in [0.15, 0.2) is 0 Å². The van der Waals surface area contributed by atoms with E-state index >= 15 is 0 Å². The van der Waals surface area contributed by atoms with Crippen LogP contribution in [-0.2, 0) is 0 Å². The van der Waals surface area contributed by atoms with Gasteiger partial charge in [-0.1, -0.05) is 6.92 Å². The van der Waals surface area contributed by atoms with E-state index in [2.05, 4.69) is 33.5 Å². The monoisotopic (exact) mass is 153 g/mol. The van der Waals surface area contributed by atoms with E-state index in [1.165, 1.54) is 6.42 Å². The highest BCUT2D eigenvalue weighted by atomic mass is 35.5. The van der Waals surface area contributed by atoms with Crippen LogP contribution < -0.4 is 5.43 Å². The maximum absolute atomic E-state index is 3.31. The van der Waals surface area contributed by atoms with Gasteiger partial charge in [0.05, 0.1) is 21.1 Å². The molecule has 0 aliphatic carbocycles. The van der Waals surface area contributed by atoms with Gasteiger partial charge in [-0.15, -0.1) is 12.4 Å². The van der Waals surface area contributed by atoms with Crippen LogP contribution in [0.5, 0.6) is 0 Å². The number of rotatable bonds is 3. The highest BCUT2D eigenvalue weighted by Crippen LogP contribution is 1.80. The maximum atomic E-state index is 3.31. The minimum atomic E-state index is 0. The van der Waals surface area contributed by atoms with E-state index in [0.29, 0.717) is 0 Å². The van der Waals surface area contributed by atoms with Crippen LogP contribution in [0.3, 0.4) is 0 Å². The zero-order chi connectivity index (χ0) is 6.62. The predicted molar refractivity (Wildman–Crippen MR) is 43.6 cm³/mol. The van der Waals surface area contributed by atoms with Crippen LogP contribution in [0.15, 0.2) is 0 Å². The van der Waals surface area contributed by atoms with Crippen molar-refractivity contribution < 1.29 is 4.59 Å². The van der Waals surface area contributed by atoms with Crippen LogP contribution in [0.25, 0.3) is 0 Å². The second-order valence-electron chi connectivity index (χ2n) is 2.92. The van der Waals surface area contributed by atoms with Gasteiger partial charge in [0, 0.05) is 6.54 Å². The Balaban J connectivity index is 0. The summed E-state index contributed by atoms with van der Waals surface area (Å²) in [7, 11) is 6.36. The summed E-state index contributed by atoms with van der Waals surface area (Å²) >= 11 is 0. The Hall–Kier alpha value is 0.210. The van der Waals surface area contributed by atoms with Crippen molar-refractivity contribution in [3.8, 4) is 0 Å². The lowest BCUT2D eigenvalue weighted by molar-refractivity contribution is -0.915. The minimum absolute atomic E-state index is 0.